The number of phosphoric acid groups is 1. The van der Waals surface area contributed by atoms with Gasteiger partial charge < -0.3 is 9.05 Å². The van der Waals surface area contributed by atoms with E-state index in [-0.39, 0.29) is 18.6 Å². The van der Waals surface area contributed by atoms with E-state index in [9.17, 15) is 9.13 Å². The van der Waals surface area contributed by atoms with Crippen molar-refractivity contribution >= 4 is 15.4 Å². The topological polar surface area (TPSA) is 80.3 Å². The van der Waals surface area contributed by atoms with Gasteiger partial charge >= 0.3 is 15.4 Å². The Morgan fingerprint density at radius 2 is 1.41 bits per heavy atom. The van der Waals surface area contributed by atoms with Crippen molar-refractivity contribution in [3.63, 3.8) is 0 Å². The molecule has 0 aromatic carbocycles. The summed E-state index contributed by atoms with van der Waals surface area (Å²) in [5.41, 5.74) is -0.156. The Balaban J connectivity index is 2.87. The highest BCUT2D eigenvalue weighted by Crippen LogP contribution is 2.68. The molecule has 1 aliphatic rings. The fourth-order valence-corrected chi connectivity index (χ4v) is 6.70. The van der Waals surface area contributed by atoms with Crippen LogP contribution in [0.2, 0.25) is 0 Å². The van der Waals surface area contributed by atoms with E-state index in [1.165, 1.54) is 0 Å². The van der Waals surface area contributed by atoms with Crippen LogP contribution in [0.1, 0.15) is 92.9 Å². The molecule has 0 saturated carbocycles. The average molecular weight is 456 g/mol. The second-order valence-corrected chi connectivity index (χ2v) is 12.5. The predicted molar refractivity (Wildman–Crippen MR) is 116 cm³/mol. The maximum absolute atomic E-state index is 13.5. The third-order valence-corrected chi connectivity index (χ3v) is 9.55. The highest BCUT2D eigenvalue weighted by Gasteiger charge is 2.52. The molecular weight excluding hydrogens is 414 g/mol. The highest BCUT2D eigenvalue weighted by atomic mass is 31.2. The van der Waals surface area contributed by atoms with Crippen LogP contribution in [0.4, 0.5) is 0 Å². The SMILES string of the molecule is CCCCOP(=O)(OCCCC)C(C)(C)OP1(=O)OCC(CC)(CCCC)CO1. The zero-order valence-corrected chi connectivity index (χ0v) is 21.0. The summed E-state index contributed by atoms with van der Waals surface area (Å²) in [6.07, 6.45) is 7.25. The highest BCUT2D eigenvalue weighted by molar-refractivity contribution is 7.56. The van der Waals surface area contributed by atoms with Gasteiger partial charge in [-0.05, 0) is 39.5 Å². The van der Waals surface area contributed by atoms with Crippen molar-refractivity contribution < 1.29 is 31.7 Å². The number of unbranched alkanes of at least 4 members (excludes halogenated alkanes) is 3. The molecule has 0 spiro atoms. The minimum atomic E-state index is -3.87. The van der Waals surface area contributed by atoms with Gasteiger partial charge in [0.05, 0.1) is 26.4 Å². The van der Waals surface area contributed by atoms with Gasteiger partial charge in [-0.3, -0.25) is 18.1 Å². The Labute approximate surface area is 177 Å². The van der Waals surface area contributed by atoms with E-state index in [2.05, 4.69) is 13.8 Å². The molecule has 1 fully saturated rings. The van der Waals surface area contributed by atoms with Crippen LogP contribution >= 0.6 is 15.4 Å². The lowest BCUT2D eigenvalue weighted by atomic mass is 9.82. The second kappa shape index (κ2) is 12.3. The number of hydrogen-bond acceptors (Lipinski definition) is 7. The van der Waals surface area contributed by atoms with E-state index in [1.54, 1.807) is 13.8 Å². The lowest BCUT2D eigenvalue weighted by Gasteiger charge is -2.41. The molecule has 0 aliphatic carbocycles. The molecule has 0 N–H and O–H groups in total. The van der Waals surface area contributed by atoms with Crippen molar-refractivity contribution in [3.05, 3.63) is 0 Å². The molecule has 0 aromatic heterocycles. The van der Waals surface area contributed by atoms with Crippen LogP contribution in [0.25, 0.3) is 0 Å². The predicted octanol–water partition coefficient (Wildman–Crippen LogP) is 7.31. The molecule has 7 nitrogen and oxygen atoms in total. The van der Waals surface area contributed by atoms with Gasteiger partial charge in [0.15, 0.2) is 5.34 Å². The zero-order valence-electron chi connectivity index (χ0n) is 19.2. The van der Waals surface area contributed by atoms with Crippen LogP contribution in [0.3, 0.4) is 0 Å². The minimum absolute atomic E-state index is 0.156. The standard InChI is InChI=1S/C20H42O7P2/c1-7-11-14-20(10-4)17-25-29(22,26-18-20)27-19(5,6)28(21,23-15-12-8-2)24-16-13-9-3/h7-18H2,1-6H3. The van der Waals surface area contributed by atoms with Gasteiger partial charge in [-0.25, -0.2) is 4.57 Å². The molecule has 1 saturated heterocycles. The maximum atomic E-state index is 13.5. The van der Waals surface area contributed by atoms with Crippen molar-refractivity contribution in [1.82, 2.24) is 0 Å². The first kappa shape index (κ1) is 27.3. The van der Waals surface area contributed by atoms with Gasteiger partial charge in [-0.15, -0.1) is 0 Å². The maximum Gasteiger partial charge on any atom is 0.475 e. The molecule has 0 aromatic rings. The van der Waals surface area contributed by atoms with Crippen molar-refractivity contribution in [2.45, 2.75) is 98.3 Å². The van der Waals surface area contributed by atoms with Crippen molar-refractivity contribution in [1.29, 1.82) is 0 Å². The largest absolute Gasteiger partial charge is 0.475 e. The van der Waals surface area contributed by atoms with Gasteiger partial charge in [0.25, 0.3) is 0 Å². The van der Waals surface area contributed by atoms with E-state index in [0.29, 0.717) is 13.2 Å². The van der Waals surface area contributed by atoms with Crippen LogP contribution in [0, 0.1) is 5.41 Å². The lowest BCUT2D eigenvalue weighted by Crippen LogP contribution is -2.37. The molecule has 1 aliphatic heterocycles. The van der Waals surface area contributed by atoms with E-state index in [1.807, 2.05) is 13.8 Å². The van der Waals surface area contributed by atoms with E-state index in [0.717, 1.165) is 51.4 Å². The van der Waals surface area contributed by atoms with Gasteiger partial charge in [-0.2, -0.15) is 0 Å². The Morgan fingerprint density at radius 3 is 1.83 bits per heavy atom. The van der Waals surface area contributed by atoms with Crippen LogP contribution in [-0.2, 0) is 31.7 Å². The second-order valence-electron chi connectivity index (χ2n) is 8.36. The normalized spacial score (nSPS) is 26.0. The smallest absolute Gasteiger partial charge is 0.307 e. The molecule has 29 heavy (non-hydrogen) atoms. The van der Waals surface area contributed by atoms with Crippen LogP contribution in [0.15, 0.2) is 0 Å². The first-order valence-electron chi connectivity index (χ1n) is 11.1. The summed E-state index contributed by atoms with van der Waals surface area (Å²) in [5, 5.41) is -1.46. The Kier molecular flexibility index (Phi) is 11.6. The van der Waals surface area contributed by atoms with Crippen LogP contribution in [-0.4, -0.2) is 31.8 Å². The molecule has 1 rings (SSSR count). The van der Waals surface area contributed by atoms with Crippen molar-refractivity contribution in [2.24, 2.45) is 5.41 Å². The fourth-order valence-electron chi connectivity index (χ4n) is 2.97. The molecule has 9 heteroatoms. The van der Waals surface area contributed by atoms with E-state index >= 15 is 0 Å². The van der Waals surface area contributed by atoms with Gasteiger partial charge in [-0.1, -0.05) is 53.4 Å². The van der Waals surface area contributed by atoms with Gasteiger partial charge in [0.2, 0.25) is 0 Å². The van der Waals surface area contributed by atoms with Crippen molar-refractivity contribution in [3.8, 4) is 0 Å². The molecule has 174 valence electrons. The third kappa shape index (κ3) is 8.03. The summed E-state index contributed by atoms with van der Waals surface area (Å²) in [5.74, 6) is 0. The molecule has 0 bridgehead atoms. The van der Waals surface area contributed by atoms with Crippen molar-refractivity contribution in [2.75, 3.05) is 26.4 Å². The van der Waals surface area contributed by atoms with Gasteiger partial charge in [0.1, 0.15) is 0 Å². The Bertz CT molecular complexity index is 539. The van der Waals surface area contributed by atoms with E-state index < -0.39 is 20.8 Å². The fraction of sp³-hybridized carbons (Fsp3) is 1.00. The average Bonchev–Trinajstić information content (AvgIpc) is 2.68. The summed E-state index contributed by atoms with van der Waals surface area (Å²) < 4.78 is 55.0. The Hall–Kier alpha value is 0.260. The van der Waals surface area contributed by atoms with Gasteiger partial charge in [0, 0.05) is 5.41 Å². The molecule has 0 radical (unpaired) electrons. The van der Waals surface area contributed by atoms with E-state index in [4.69, 9.17) is 22.6 Å². The number of rotatable bonds is 15. The third-order valence-electron chi connectivity index (χ3n) is 5.38. The van der Waals surface area contributed by atoms with Crippen LogP contribution < -0.4 is 0 Å². The first-order chi connectivity index (χ1) is 13.6. The summed E-state index contributed by atoms with van der Waals surface area (Å²) in [6.45, 7) is 12.6. The quantitative estimate of drug-likeness (QED) is 0.189. The molecule has 0 unspecified atom stereocenters. The van der Waals surface area contributed by atoms with Crippen LogP contribution in [0.5, 0.6) is 0 Å². The first-order valence-corrected chi connectivity index (χ1v) is 14.1. The molecule has 0 atom stereocenters. The Morgan fingerprint density at radius 1 is 0.931 bits per heavy atom. The molecule has 1 heterocycles. The molecular formula is C20H42O7P2. The minimum Gasteiger partial charge on any atom is -0.307 e. The summed E-state index contributed by atoms with van der Waals surface area (Å²) in [4.78, 5) is 0. The summed E-state index contributed by atoms with van der Waals surface area (Å²) in [6, 6.07) is 0. The zero-order chi connectivity index (χ0) is 22.0. The lowest BCUT2D eigenvalue weighted by molar-refractivity contribution is -0.0407. The monoisotopic (exact) mass is 456 g/mol. The summed E-state index contributed by atoms with van der Waals surface area (Å²) in [7, 11) is -7.57. The summed E-state index contributed by atoms with van der Waals surface area (Å²) >= 11 is 0. The number of phosphoric ester groups is 1. The number of hydrogen-bond donors (Lipinski definition) is 0. The molecule has 0 amide bonds.